The van der Waals surface area contributed by atoms with Crippen molar-refractivity contribution >= 4 is 27.7 Å². The normalized spacial score (nSPS) is 11.7. The molecular formula is C19H17N7O. The van der Waals surface area contributed by atoms with Crippen LogP contribution >= 0.6 is 0 Å². The number of fused-ring (bicyclic) bond motifs is 5. The number of nitrogens with zero attached hydrogens (tertiary/aromatic N) is 7. The summed E-state index contributed by atoms with van der Waals surface area (Å²) in [5, 5.41) is 10.1. The summed E-state index contributed by atoms with van der Waals surface area (Å²) in [6.45, 7) is 3.23. The highest BCUT2D eigenvalue weighted by atomic mass is 16.1. The molecule has 0 saturated heterocycles. The number of pyridine rings is 1. The van der Waals surface area contributed by atoms with Crippen LogP contribution in [0.15, 0.2) is 53.8 Å². The molecular weight excluding hydrogens is 342 g/mol. The van der Waals surface area contributed by atoms with Crippen LogP contribution in [0, 0.1) is 0 Å². The van der Waals surface area contributed by atoms with Crippen LogP contribution in [0.1, 0.15) is 12.5 Å². The highest BCUT2D eigenvalue weighted by Crippen LogP contribution is 2.21. The van der Waals surface area contributed by atoms with Gasteiger partial charge in [-0.2, -0.15) is 19.7 Å². The van der Waals surface area contributed by atoms with Crippen molar-refractivity contribution in [1.82, 2.24) is 33.9 Å². The Kier molecular flexibility index (Phi) is 3.49. The predicted molar refractivity (Wildman–Crippen MR) is 102 cm³/mol. The molecule has 0 aliphatic heterocycles. The van der Waals surface area contributed by atoms with E-state index in [1.54, 1.807) is 26.2 Å². The molecule has 0 aliphatic carbocycles. The maximum absolute atomic E-state index is 13.2. The van der Waals surface area contributed by atoms with E-state index >= 15 is 0 Å². The van der Waals surface area contributed by atoms with E-state index in [1.807, 2.05) is 25.1 Å². The van der Waals surface area contributed by atoms with E-state index in [4.69, 9.17) is 0 Å². The second-order valence-corrected chi connectivity index (χ2v) is 6.38. The van der Waals surface area contributed by atoms with E-state index in [2.05, 4.69) is 32.3 Å². The number of hydrogen-bond donors (Lipinski definition) is 0. The summed E-state index contributed by atoms with van der Waals surface area (Å²) < 4.78 is 5.19. The first kappa shape index (κ1) is 15.7. The van der Waals surface area contributed by atoms with Crippen molar-refractivity contribution in [3.63, 3.8) is 0 Å². The van der Waals surface area contributed by atoms with Gasteiger partial charge in [-0.15, -0.1) is 0 Å². The number of aromatic nitrogens is 7. The van der Waals surface area contributed by atoms with Gasteiger partial charge in [0.25, 0.3) is 5.56 Å². The Morgan fingerprint density at radius 2 is 1.85 bits per heavy atom. The van der Waals surface area contributed by atoms with Gasteiger partial charge < -0.3 is 0 Å². The Bertz CT molecular complexity index is 1330. The van der Waals surface area contributed by atoms with Crippen molar-refractivity contribution in [2.45, 2.75) is 26.4 Å². The number of aryl methyl sites for hydroxylation is 3. The van der Waals surface area contributed by atoms with Gasteiger partial charge in [-0.3, -0.25) is 9.36 Å². The third-order valence-corrected chi connectivity index (χ3v) is 4.86. The topological polar surface area (TPSA) is 82.9 Å². The zero-order chi connectivity index (χ0) is 18.4. The van der Waals surface area contributed by atoms with E-state index < -0.39 is 0 Å². The molecule has 0 amide bonds. The third kappa shape index (κ3) is 2.33. The van der Waals surface area contributed by atoms with E-state index in [1.165, 1.54) is 11.9 Å². The summed E-state index contributed by atoms with van der Waals surface area (Å²) in [6, 6.07) is 10.1. The Hall–Kier alpha value is -3.55. The van der Waals surface area contributed by atoms with Crippen molar-refractivity contribution < 1.29 is 0 Å². The number of benzene rings is 1. The van der Waals surface area contributed by atoms with Gasteiger partial charge in [-0.1, -0.05) is 30.3 Å². The third-order valence-electron chi connectivity index (χ3n) is 4.86. The lowest BCUT2D eigenvalue weighted by Gasteiger charge is -2.10. The van der Waals surface area contributed by atoms with Crippen LogP contribution in [0.2, 0.25) is 0 Å². The minimum Gasteiger partial charge on any atom is -0.276 e. The summed E-state index contributed by atoms with van der Waals surface area (Å²) in [5.41, 5.74) is 2.50. The molecule has 0 unspecified atom stereocenters. The molecule has 27 heavy (non-hydrogen) atoms. The Labute approximate surface area is 153 Å². The van der Waals surface area contributed by atoms with Crippen LogP contribution in [0.25, 0.3) is 27.7 Å². The monoisotopic (exact) mass is 359 g/mol. The fraction of sp³-hybridized carbons (Fsp3) is 0.211. The smallest absolute Gasteiger partial charge is 0.264 e. The van der Waals surface area contributed by atoms with Crippen molar-refractivity contribution in [1.29, 1.82) is 0 Å². The van der Waals surface area contributed by atoms with Crippen LogP contribution in [0.5, 0.6) is 0 Å². The quantitative estimate of drug-likeness (QED) is 0.490. The number of rotatable bonds is 4. The highest BCUT2D eigenvalue weighted by Gasteiger charge is 2.17. The SMILES string of the molecule is CCn1ncc2c1ncc1c(=O)n(CCc3ccccc3)c3ncnn3c12. The molecule has 1 aromatic carbocycles. The minimum absolute atomic E-state index is 0.111. The molecule has 4 aromatic heterocycles. The maximum Gasteiger partial charge on any atom is 0.264 e. The highest BCUT2D eigenvalue weighted by molar-refractivity contribution is 6.02. The van der Waals surface area contributed by atoms with Crippen molar-refractivity contribution in [2.75, 3.05) is 0 Å². The van der Waals surface area contributed by atoms with Crippen molar-refractivity contribution in [2.24, 2.45) is 0 Å². The molecule has 0 aliphatic rings. The van der Waals surface area contributed by atoms with Gasteiger partial charge in [0.2, 0.25) is 5.78 Å². The van der Waals surface area contributed by atoms with Crippen LogP contribution in [-0.2, 0) is 19.5 Å². The lowest BCUT2D eigenvalue weighted by Crippen LogP contribution is -2.24. The molecule has 0 spiro atoms. The molecule has 0 saturated carbocycles. The Balaban J connectivity index is 1.75. The summed E-state index contributed by atoms with van der Waals surface area (Å²) in [7, 11) is 0. The first-order valence-corrected chi connectivity index (χ1v) is 8.88. The van der Waals surface area contributed by atoms with Crippen molar-refractivity contribution in [3.05, 3.63) is 65.0 Å². The van der Waals surface area contributed by atoms with E-state index in [0.717, 1.165) is 17.5 Å². The van der Waals surface area contributed by atoms with Crippen LogP contribution in [0.3, 0.4) is 0 Å². The Morgan fingerprint density at radius 1 is 1.00 bits per heavy atom. The van der Waals surface area contributed by atoms with Gasteiger partial charge in [0.15, 0.2) is 5.65 Å². The standard InChI is InChI=1S/C19H17N7O/c1-2-25-17-14(11-22-25)16-15(10-20-17)18(27)24(19-21-12-23-26(16)19)9-8-13-6-4-3-5-7-13/h3-7,10-12H,2,8-9H2,1H3. The molecule has 134 valence electrons. The van der Waals surface area contributed by atoms with Crippen LogP contribution in [-0.4, -0.2) is 33.9 Å². The lowest BCUT2D eigenvalue weighted by molar-refractivity contribution is 0.673. The van der Waals surface area contributed by atoms with Gasteiger partial charge in [0, 0.05) is 19.3 Å². The van der Waals surface area contributed by atoms with Crippen LogP contribution < -0.4 is 5.56 Å². The molecule has 0 fully saturated rings. The number of hydrogen-bond acceptors (Lipinski definition) is 5. The molecule has 0 N–H and O–H groups in total. The molecule has 8 nitrogen and oxygen atoms in total. The van der Waals surface area contributed by atoms with Crippen molar-refractivity contribution in [3.8, 4) is 0 Å². The summed E-state index contributed by atoms with van der Waals surface area (Å²) in [5.74, 6) is 0.528. The zero-order valence-electron chi connectivity index (χ0n) is 14.8. The van der Waals surface area contributed by atoms with E-state index in [0.29, 0.717) is 29.8 Å². The molecule has 0 bridgehead atoms. The van der Waals surface area contributed by atoms with Crippen LogP contribution in [0.4, 0.5) is 0 Å². The van der Waals surface area contributed by atoms with Gasteiger partial charge in [-0.05, 0) is 18.9 Å². The Morgan fingerprint density at radius 3 is 2.67 bits per heavy atom. The first-order valence-electron chi connectivity index (χ1n) is 8.88. The zero-order valence-corrected chi connectivity index (χ0v) is 14.8. The average molecular weight is 359 g/mol. The predicted octanol–water partition coefficient (Wildman–Crippen LogP) is 2.05. The van der Waals surface area contributed by atoms with Gasteiger partial charge in [0.05, 0.1) is 22.5 Å². The summed E-state index contributed by atoms with van der Waals surface area (Å²) in [4.78, 5) is 22.0. The molecule has 0 radical (unpaired) electrons. The molecule has 5 aromatic rings. The van der Waals surface area contributed by atoms with E-state index in [9.17, 15) is 4.79 Å². The molecule has 8 heteroatoms. The first-order chi connectivity index (χ1) is 13.3. The fourth-order valence-corrected chi connectivity index (χ4v) is 3.53. The van der Waals surface area contributed by atoms with Gasteiger partial charge in [-0.25, -0.2) is 9.67 Å². The summed E-state index contributed by atoms with van der Waals surface area (Å²) >= 11 is 0. The largest absolute Gasteiger partial charge is 0.276 e. The van der Waals surface area contributed by atoms with Gasteiger partial charge >= 0.3 is 0 Å². The molecule has 5 rings (SSSR count). The maximum atomic E-state index is 13.2. The summed E-state index contributed by atoms with van der Waals surface area (Å²) in [6.07, 6.45) is 5.57. The lowest BCUT2D eigenvalue weighted by atomic mass is 10.1. The minimum atomic E-state index is -0.111. The molecule has 4 heterocycles. The molecule has 0 atom stereocenters. The second-order valence-electron chi connectivity index (χ2n) is 6.38. The average Bonchev–Trinajstić information content (AvgIpc) is 3.35. The van der Waals surface area contributed by atoms with Gasteiger partial charge in [0.1, 0.15) is 6.33 Å². The second kappa shape index (κ2) is 6.01. The fourth-order valence-electron chi connectivity index (χ4n) is 3.53. The van der Waals surface area contributed by atoms with E-state index in [-0.39, 0.29) is 5.56 Å².